The average molecular weight is 373 g/mol. The van der Waals surface area contributed by atoms with Crippen LogP contribution < -0.4 is 0 Å². The summed E-state index contributed by atoms with van der Waals surface area (Å²) in [6.45, 7) is 2.57. The third-order valence-electron chi connectivity index (χ3n) is 6.92. The van der Waals surface area contributed by atoms with Gasteiger partial charge in [0, 0.05) is 30.7 Å². The summed E-state index contributed by atoms with van der Waals surface area (Å²) in [6, 6.07) is 3.01. The van der Waals surface area contributed by atoms with Crippen molar-refractivity contribution >= 4 is 17.2 Å². The Labute approximate surface area is 160 Å². The van der Waals surface area contributed by atoms with Crippen molar-refractivity contribution in [2.24, 2.45) is 10.8 Å². The number of hydrogen-bond acceptors (Lipinski definition) is 5. The average Bonchev–Trinajstić information content (AvgIpc) is 3.12. The van der Waals surface area contributed by atoms with Crippen molar-refractivity contribution in [2.45, 2.75) is 64.0 Å². The van der Waals surface area contributed by atoms with Crippen LogP contribution in [-0.4, -0.2) is 46.9 Å². The lowest BCUT2D eigenvalue weighted by atomic mass is 9.73. The Bertz CT molecular complexity index is 681. The molecule has 2 aliphatic carbocycles. The Morgan fingerprint density at radius 2 is 2.08 bits per heavy atom. The molecule has 1 saturated heterocycles. The summed E-state index contributed by atoms with van der Waals surface area (Å²) in [5.41, 5.74) is -0.345. The van der Waals surface area contributed by atoms with Crippen LogP contribution in [0.15, 0.2) is 11.6 Å². The normalized spacial score (nSPS) is 26.7. The molecule has 0 N–H and O–H groups in total. The van der Waals surface area contributed by atoms with Crippen LogP contribution in [0.25, 0.3) is 0 Å². The molecule has 26 heavy (non-hydrogen) atoms. The number of carbonyl (C=O) groups excluding carboxylic acids is 1. The van der Waals surface area contributed by atoms with Gasteiger partial charge in [0.2, 0.25) is 5.91 Å². The first-order chi connectivity index (χ1) is 12.6. The van der Waals surface area contributed by atoms with E-state index in [1.165, 1.54) is 11.4 Å². The van der Waals surface area contributed by atoms with E-state index in [4.69, 9.17) is 0 Å². The second-order valence-electron chi connectivity index (χ2n) is 8.47. The zero-order valence-electron chi connectivity index (χ0n) is 15.6. The SMILES string of the molecule is CN(Cc1nccs1)[C@H]1CC12CCN(C(=O)C1(C#N)CCCCC1)CC2. The van der Waals surface area contributed by atoms with Crippen LogP contribution in [0, 0.1) is 22.2 Å². The van der Waals surface area contributed by atoms with Gasteiger partial charge in [-0.3, -0.25) is 9.69 Å². The lowest BCUT2D eigenvalue weighted by molar-refractivity contribution is -0.142. The van der Waals surface area contributed by atoms with Crippen molar-refractivity contribution in [3.05, 3.63) is 16.6 Å². The summed E-state index contributed by atoms with van der Waals surface area (Å²) in [6.07, 6.45) is 9.96. The smallest absolute Gasteiger partial charge is 0.243 e. The highest BCUT2D eigenvalue weighted by Crippen LogP contribution is 2.57. The van der Waals surface area contributed by atoms with Gasteiger partial charge in [0.15, 0.2) is 0 Å². The molecular formula is C20H28N4OS. The van der Waals surface area contributed by atoms with Crippen LogP contribution in [-0.2, 0) is 11.3 Å². The maximum atomic E-state index is 13.1. The van der Waals surface area contributed by atoms with Gasteiger partial charge in [0.25, 0.3) is 0 Å². The number of amides is 1. The summed E-state index contributed by atoms with van der Waals surface area (Å²) in [4.78, 5) is 21.9. The summed E-state index contributed by atoms with van der Waals surface area (Å²) in [7, 11) is 2.20. The molecule has 2 heterocycles. The standard InChI is InChI=1S/C20H28N4OS/c1-23(14-17-22-9-12-26-17)16-13-19(16)7-10-24(11-8-19)18(25)20(15-21)5-3-2-4-6-20/h9,12,16H,2-8,10-11,13-14H2,1H3/t16-/m0/s1. The minimum atomic E-state index is -0.729. The molecular weight excluding hydrogens is 344 g/mol. The van der Waals surface area contributed by atoms with Gasteiger partial charge < -0.3 is 4.90 Å². The van der Waals surface area contributed by atoms with Crippen LogP contribution in [0.4, 0.5) is 0 Å². The second-order valence-corrected chi connectivity index (χ2v) is 9.45. The highest BCUT2D eigenvalue weighted by atomic mass is 32.1. The third-order valence-corrected chi connectivity index (χ3v) is 7.69. The quantitative estimate of drug-likeness (QED) is 0.812. The molecule has 1 aliphatic heterocycles. The fourth-order valence-corrected chi connectivity index (χ4v) is 5.81. The van der Waals surface area contributed by atoms with E-state index in [2.05, 4.69) is 23.0 Å². The second kappa shape index (κ2) is 6.94. The zero-order chi connectivity index (χ0) is 18.2. The largest absolute Gasteiger partial charge is 0.341 e. The van der Waals surface area contributed by atoms with Crippen molar-refractivity contribution in [1.82, 2.24) is 14.8 Å². The molecule has 1 spiro atoms. The van der Waals surface area contributed by atoms with E-state index in [9.17, 15) is 10.1 Å². The van der Waals surface area contributed by atoms with E-state index in [-0.39, 0.29) is 5.91 Å². The molecule has 1 aromatic heterocycles. The highest BCUT2D eigenvalue weighted by Gasteiger charge is 2.57. The van der Waals surface area contributed by atoms with E-state index >= 15 is 0 Å². The van der Waals surface area contributed by atoms with E-state index in [1.54, 1.807) is 11.3 Å². The van der Waals surface area contributed by atoms with Crippen molar-refractivity contribution in [1.29, 1.82) is 5.26 Å². The van der Waals surface area contributed by atoms with Gasteiger partial charge in [-0.05, 0) is 44.6 Å². The van der Waals surface area contributed by atoms with Gasteiger partial charge in [0.05, 0.1) is 12.6 Å². The molecule has 0 unspecified atom stereocenters. The van der Waals surface area contributed by atoms with Gasteiger partial charge in [-0.25, -0.2) is 4.98 Å². The summed E-state index contributed by atoms with van der Waals surface area (Å²) < 4.78 is 0. The minimum Gasteiger partial charge on any atom is -0.341 e. The molecule has 0 aromatic carbocycles. The Kier molecular flexibility index (Phi) is 4.79. The molecule has 140 valence electrons. The number of rotatable bonds is 4. The van der Waals surface area contributed by atoms with Gasteiger partial charge in [-0.1, -0.05) is 19.3 Å². The molecule has 3 aliphatic rings. The fourth-order valence-electron chi connectivity index (χ4n) is 5.13. The first-order valence-corrected chi connectivity index (χ1v) is 10.8. The Balaban J connectivity index is 1.33. The summed E-state index contributed by atoms with van der Waals surface area (Å²) in [5.74, 6) is 0.114. The van der Waals surface area contributed by atoms with Gasteiger partial charge in [-0.15, -0.1) is 11.3 Å². The van der Waals surface area contributed by atoms with E-state index in [0.717, 1.165) is 64.6 Å². The van der Waals surface area contributed by atoms with Crippen molar-refractivity contribution in [3.8, 4) is 6.07 Å². The third kappa shape index (κ3) is 3.16. The lowest BCUT2D eigenvalue weighted by Gasteiger charge is -2.39. The minimum absolute atomic E-state index is 0.114. The zero-order valence-corrected chi connectivity index (χ0v) is 16.4. The summed E-state index contributed by atoms with van der Waals surface area (Å²) in [5, 5.41) is 12.9. The molecule has 0 bridgehead atoms. The van der Waals surface area contributed by atoms with Crippen LogP contribution in [0.2, 0.25) is 0 Å². The maximum Gasteiger partial charge on any atom is 0.243 e. The predicted molar refractivity (Wildman–Crippen MR) is 101 cm³/mol. The number of piperidine rings is 1. The molecule has 1 atom stereocenters. The molecule has 5 nitrogen and oxygen atoms in total. The van der Waals surface area contributed by atoms with E-state index in [1.807, 2.05) is 16.5 Å². The van der Waals surface area contributed by atoms with Crippen LogP contribution in [0.3, 0.4) is 0 Å². The van der Waals surface area contributed by atoms with Crippen molar-refractivity contribution < 1.29 is 4.79 Å². The number of likely N-dealkylation sites (tertiary alicyclic amines) is 1. The molecule has 0 radical (unpaired) electrons. The molecule has 4 rings (SSSR count). The Hall–Kier alpha value is -1.45. The van der Waals surface area contributed by atoms with Crippen LogP contribution >= 0.6 is 11.3 Å². The predicted octanol–water partition coefficient (Wildman–Crippen LogP) is 3.43. The number of nitriles is 1. The highest BCUT2D eigenvalue weighted by molar-refractivity contribution is 7.09. The number of hydrogen-bond donors (Lipinski definition) is 0. The van der Waals surface area contributed by atoms with E-state index in [0.29, 0.717) is 11.5 Å². The maximum absolute atomic E-state index is 13.1. The molecule has 1 aromatic rings. The van der Waals surface area contributed by atoms with Gasteiger partial charge >= 0.3 is 0 Å². The molecule has 3 fully saturated rings. The summed E-state index contributed by atoms with van der Waals surface area (Å²) >= 11 is 1.72. The molecule has 6 heteroatoms. The topological polar surface area (TPSA) is 60.2 Å². The van der Waals surface area contributed by atoms with Crippen LogP contribution in [0.1, 0.15) is 56.4 Å². The monoisotopic (exact) mass is 372 g/mol. The Morgan fingerprint density at radius 1 is 1.35 bits per heavy atom. The van der Waals surface area contributed by atoms with E-state index < -0.39 is 5.41 Å². The van der Waals surface area contributed by atoms with Gasteiger partial charge in [-0.2, -0.15) is 5.26 Å². The van der Waals surface area contributed by atoms with Crippen LogP contribution in [0.5, 0.6) is 0 Å². The first kappa shape index (κ1) is 17.9. The van der Waals surface area contributed by atoms with Gasteiger partial charge in [0.1, 0.15) is 10.4 Å². The molecule has 2 saturated carbocycles. The number of nitrogens with zero attached hydrogens (tertiary/aromatic N) is 4. The Morgan fingerprint density at radius 3 is 2.69 bits per heavy atom. The number of aromatic nitrogens is 1. The van der Waals surface area contributed by atoms with Crippen molar-refractivity contribution in [3.63, 3.8) is 0 Å². The first-order valence-electron chi connectivity index (χ1n) is 9.88. The fraction of sp³-hybridized carbons (Fsp3) is 0.750. The number of thiazole rings is 1. The molecule has 1 amide bonds. The van der Waals surface area contributed by atoms with Crippen molar-refractivity contribution in [2.75, 3.05) is 20.1 Å². The number of carbonyl (C=O) groups is 1. The lowest BCUT2D eigenvalue weighted by Crippen LogP contribution is -2.48.